The summed E-state index contributed by atoms with van der Waals surface area (Å²) in [7, 11) is 0. The molecule has 0 unspecified atom stereocenters. The molecule has 17 heavy (non-hydrogen) atoms. The molecule has 0 aromatic heterocycles. The molecule has 1 aromatic rings. The number of rotatable bonds is 5. The van der Waals surface area contributed by atoms with E-state index in [0.717, 1.165) is 10.0 Å². The lowest BCUT2D eigenvalue weighted by atomic mass is 9.97. The highest BCUT2D eigenvalue weighted by atomic mass is 79.9. The quantitative estimate of drug-likeness (QED) is 0.890. The van der Waals surface area contributed by atoms with Gasteiger partial charge in [0.05, 0.1) is 0 Å². The van der Waals surface area contributed by atoms with Crippen LogP contribution in [0.15, 0.2) is 22.7 Å². The van der Waals surface area contributed by atoms with E-state index >= 15 is 0 Å². The largest absolute Gasteiger partial charge is 0.481 e. The van der Waals surface area contributed by atoms with Gasteiger partial charge in [0, 0.05) is 16.5 Å². The summed E-state index contributed by atoms with van der Waals surface area (Å²) < 4.78 is 14.5. The molecule has 0 aliphatic rings. The summed E-state index contributed by atoms with van der Waals surface area (Å²) in [5.41, 5.74) is 0.254. The SMILES string of the molecule is CC(C)(F)c1ccc(CCCC(=O)O)cc1Br. The van der Waals surface area contributed by atoms with Gasteiger partial charge in [0.15, 0.2) is 0 Å². The molecular weight excluding hydrogens is 287 g/mol. The summed E-state index contributed by atoms with van der Waals surface area (Å²) in [6, 6.07) is 5.46. The van der Waals surface area contributed by atoms with Crippen molar-refractivity contribution in [3.8, 4) is 0 Å². The lowest BCUT2D eigenvalue weighted by Gasteiger charge is -2.17. The third-order valence-electron chi connectivity index (χ3n) is 2.53. The normalized spacial score (nSPS) is 11.5. The van der Waals surface area contributed by atoms with Gasteiger partial charge in [0.1, 0.15) is 5.67 Å². The van der Waals surface area contributed by atoms with E-state index in [1.807, 2.05) is 12.1 Å². The molecule has 0 heterocycles. The van der Waals surface area contributed by atoms with E-state index in [1.165, 1.54) is 13.8 Å². The predicted octanol–water partition coefficient (Wildman–Crippen LogP) is 4.06. The number of hydrogen-bond donors (Lipinski definition) is 1. The van der Waals surface area contributed by atoms with Crippen LogP contribution in [0.3, 0.4) is 0 Å². The van der Waals surface area contributed by atoms with Crippen LogP contribution in [0.25, 0.3) is 0 Å². The first-order valence-electron chi connectivity index (χ1n) is 5.50. The number of aryl methyl sites for hydroxylation is 1. The van der Waals surface area contributed by atoms with E-state index in [9.17, 15) is 9.18 Å². The number of carbonyl (C=O) groups is 1. The third kappa shape index (κ3) is 4.46. The molecule has 1 rings (SSSR count). The van der Waals surface area contributed by atoms with Crippen LogP contribution >= 0.6 is 15.9 Å². The van der Waals surface area contributed by atoms with Gasteiger partial charge in [-0.05, 0) is 38.3 Å². The Labute approximate surface area is 109 Å². The highest BCUT2D eigenvalue weighted by Crippen LogP contribution is 2.32. The average Bonchev–Trinajstić information content (AvgIpc) is 2.14. The van der Waals surface area contributed by atoms with Gasteiger partial charge in [-0.25, -0.2) is 4.39 Å². The van der Waals surface area contributed by atoms with Gasteiger partial charge in [-0.2, -0.15) is 0 Å². The zero-order valence-corrected chi connectivity index (χ0v) is 11.6. The zero-order chi connectivity index (χ0) is 13.1. The molecule has 0 aliphatic heterocycles. The Morgan fingerprint density at radius 2 is 2.12 bits per heavy atom. The van der Waals surface area contributed by atoms with Crippen molar-refractivity contribution in [2.45, 2.75) is 38.8 Å². The van der Waals surface area contributed by atoms with Crippen molar-refractivity contribution in [2.24, 2.45) is 0 Å². The summed E-state index contributed by atoms with van der Waals surface area (Å²) in [5.74, 6) is -0.787. The Hall–Kier alpha value is -0.900. The van der Waals surface area contributed by atoms with Crippen LogP contribution in [-0.2, 0) is 16.9 Å². The average molecular weight is 303 g/mol. The van der Waals surface area contributed by atoms with Gasteiger partial charge in [-0.1, -0.05) is 28.1 Å². The molecule has 4 heteroatoms. The lowest BCUT2D eigenvalue weighted by molar-refractivity contribution is -0.137. The topological polar surface area (TPSA) is 37.3 Å². The number of alkyl halides is 1. The van der Waals surface area contributed by atoms with Crippen molar-refractivity contribution in [2.75, 3.05) is 0 Å². The van der Waals surface area contributed by atoms with Crippen LogP contribution in [0.5, 0.6) is 0 Å². The van der Waals surface area contributed by atoms with E-state index < -0.39 is 11.6 Å². The number of carboxylic acids is 1. The van der Waals surface area contributed by atoms with Crippen molar-refractivity contribution in [3.05, 3.63) is 33.8 Å². The Bertz CT molecular complexity index is 410. The predicted molar refractivity (Wildman–Crippen MR) is 68.8 cm³/mol. The zero-order valence-electron chi connectivity index (χ0n) is 9.96. The number of aliphatic carboxylic acids is 1. The summed E-state index contributed by atoms with van der Waals surface area (Å²) in [6.07, 6.45) is 1.45. The number of hydrogen-bond acceptors (Lipinski definition) is 1. The molecule has 0 amide bonds. The number of halogens is 2. The second kappa shape index (κ2) is 5.63. The van der Waals surface area contributed by atoms with Crippen LogP contribution < -0.4 is 0 Å². The highest BCUT2D eigenvalue weighted by molar-refractivity contribution is 9.10. The van der Waals surface area contributed by atoms with Gasteiger partial charge < -0.3 is 5.11 Å². The second-order valence-electron chi connectivity index (χ2n) is 4.53. The number of carboxylic acid groups (broad SMARTS) is 1. The lowest BCUT2D eigenvalue weighted by Crippen LogP contribution is -2.10. The molecule has 2 nitrogen and oxygen atoms in total. The van der Waals surface area contributed by atoms with Crippen molar-refractivity contribution < 1.29 is 14.3 Å². The van der Waals surface area contributed by atoms with Gasteiger partial charge in [0.2, 0.25) is 0 Å². The fourth-order valence-corrected chi connectivity index (χ4v) is 2.54. The van der Waals surface area contributed by atoms with Crippen molar-refractivity contribution in [1.82, 2.24) is 0 Å². The Balaban J connectivity index is 2.72. The van der Waals surface area contributed by atoms with Crippen molar-refractivity contribution in [1.29, 1.82) is 0 Å². The van der Waals surface area contributed by atoms with E-state index in [1.54, 1.807) is 6.07 Å². The molecule has 1 aromatic carbocycles. The summed E-state index contributed by atoms with van der Waals surface area (Å²) in [6.45, 7) is 3.02. The molecule has 1 N–H and O–H groups in total. The molecule has 0 aliphatic carbocycles. The van der Waals surface area contributed by atoms with Gasteiger partial charge in [0.25, 0.3) is 0 Å². The number of benzene rings is 1. The maximum Gasteiger partial charge on any atom is 0.303 e. The first-order chi connectivity index (χ1) is 7.80. The standard InChI is InChI=1S/C13H16BrFO2/c1-13(2,15)10-7-6-9(8-11(10)14)4-3-5-12(16)17/h6-8H,3-5H2,1-2H3,(H,16,17). The minimum Gasteiger partial charge on any atom is -0.481 e. The van der Waals surface area contributed by atoms with Crippen LogP contribution in [0, 0.1) is 0 Å². The molecule has 0 bridgehead atoms. The monoisotopic (exact) mass is 302 g/mol. The summed E-state index contributed by atoms with van der Waals surface area (Å²) >= 11 is 3.35. The molecule has 0 spiro atoms. The molecule has 0 atom stereocenters. The van der Waals surface area contributed by atoms with E-state index in [-0.39, 0.29) is 6.42 Å². The van der Waals surface area contributed by atoms with E-state index in [2.05, 4.69) is 15.9 Å². The fraction of sp³-hybridized carbons (Fsp3) is 0.462. The maximum absolute atomic E-state index is 13.8. The molecular formula is C13H16BrFO2. The summed E-state index contributed by atoms with van der Waals surface area (Å²) in [4.78, 5) is 10.4. The molecule has 94 valence electrons. The minimum atomic E-state index is -1.38. The highest BCUT2D eigenvalue weighted by Gasteiger charge is 2.21. The third-order valence-corrected chi connectivity index (χ3v) is 3.19. The van der Waals surface area contributed by atoms with Crippen LogP contribution in [0.4, 0.5) is 4.39 Å². The molecule has 0 radical (unpaired) electrons. The van der Waals surface area contributed by atoms with E-state index in [4.69, 9.17) is 5.11 Å². The van der Waals surface area contributed by atoms with Gasteiger partial charge >= 0.3 is 5.97 Å². The molecule has 0 saturated carbocycles. The van der Waals surface area contributed by atoms with Crippen LogP contribution in [0.2, 0.25) is 0 Å². The van der Waals surface area contributed by atoms with Crippen LogP contribution in [0.1, 0.15) is 37.8 Å². The van der Waals surface area contributed by atoms with Crippen LogP contribution in [-0.4, -0.2) is 11.1 Å². The Morgan fingerprint density at radius 1 is 1.47 bits per heavy atom. The van der Waals surface area contributed by atoms with Gasteiger partial charge in [-0.3, -0.25) is 4.79 Å². The first-order valence-corrected chi connectivity index (χ1v) is 6.29. The first kappa shape index (κ1) is 14.2. The van der Waals surface area contributed by atoms with Crippen molar-refractivity contribution in [3.63, 3.8) is 0 Å². The Morgan fingerprint density at radius 3 is 2.59 bits per heavy atom. The molecule has 0 saturated heterocycles. The minimum absolute atomic E-state index is 0.161. The maximum atomic E-state index is 13.8. The smallest absolute Gasteiger partial charge is 0.303 e. The summed E-state index contributed by atoms with van der Waals surface area (Å²) in [5, 5.41) is 8.54. The molecule has 0 fully saturated rings. The second-order valence-corrected chi connectivity index (χ2v) is 5.39. The van der Waals surface area contributed by atoms with Gasteiger partial charge in [-0.15, -0.1) is 0 Å². The van der Waals surface area contributed by atoms with Crippen molar-refractivity contribution >= 4 is 21.9 Å². The van der Waals surface area contributed by atoms with E-state index in [0.29, 0.717) is 18.4 Å². The fourth-order valence-electron chi connectivity index (χ4n) is 1.64. The Kier molecular flexibility index (Phi) is 4.69.